The summed E-state index contributed by atoms with van der Waals surface area (Å²) in [6.07, 6.45) is 1.96. The molecule has 3 aromatic rings. The highest BCUT2D eigenvalue weighted by Gasteiger charge is 2.15. The van der Waals surface area contributed by atoms with E-state index >= 15 is 0 Å². The van der Waals surface area contributed by atoms with Crippen LogP contribution < -0.4 is 25.0 Å². The highest BCUT2D eigenvalue weighted by atomic mass is 35.5. The first kappa shape index (κ1) is 25.7. The fourth-order valence-electron chi connectivity index (χ4n) is 2.82. The molecule has 1 aromatic heterocycles. The number of halogens is 5. The number of hydrogen-bond donors (Lipinski definition) is 3. The Balaban J connectivity index is 1.81. The SMILES string of the molecule is CNCCN(C)c1cc(OC(F)F)ccc1Nc1cc(F)c(SNc2ncc(F)cn2)cc1Cl. The Labute approximate surface area is 203 Å². The quantitative estimate of drug-likeness (QED) is 0.227. The average molecular weight is 517 g/mol. The molecule has 0 amide bonds. The molecule has 0 fully saturated rings. The smallest absolute Gasteiger partial charge is 0.387 e. The van der Waals surface area contributed by atoms with Crippen molar-refractivity contribution in [2.24, 2.45) is 0 Å². The van der Waals surface area contributed by atoms with Crippen molar-refractivity contribution in [2.75, 3.05) is 42.1 Å². The van der Waals surface area contributed by atoms with Gasteiger partial charge in [0, 0.05) is 32.3 Å². The second kappa shape index (κ2) is 12.0. The van der Waals surface area contributed by atoms with Crippen LogP contribution in [-0.4, -0.2) is 43.8 Å². The zero-order valence-corrected chi connectivity index (χ0v) is 19.7. The summed E-state index contributed by atoms with van der Waals surface area (Å²) in [5.74, 6) is -1.09. The van der Waals surface area contributed by atoms with E-state index in [1.165, 1.54) is 24.3 Å². The first-order chi connectivity index (χ1) is 16.3. The molecular weight excluding hydrogens is 496 g/mol. The Hall–Kier alpha value is -2.96. The zero-order valence-electron chi connectivity index (χ0n) is 18.1. The number of aromatic nitrogens is 2. The number of nitrogens with zero attached hydrogens (tertiary/aromatic N) is 3. The van der Waals surface area contributed by atoms with Gasteiger partial charge in [0.15, 0.2) is 5.82 Å². The van der Waals surface area contributed by atoms with Crippen LogP contribution in [0.1, 0.15) is 0 Å². The molecule has 0 saturated heterocycles. The predicted molar refractivity (Wildman–Crippen MR) is 126 cm³/mol. The second-order valence-corrected chi connectivity index (χ2v) is 8.15. The van der Waals surface area contributed by atoms with Gasteiger partial charge < -0.3 is 20.3 Å². The summed E-state index contributed by atoms with van der Waals surface area (Å²) in [4.78, 5) is 9.47. The van der Waals surface area contributed by atoms with E-state index in [0.29, 0.717) is 24.5 Å². The number of alkyl halides is 2. The van der Waals surface area contributed by atoms with Crippen LogP contribution in [0.15, 0.2) is 47.6 Å². The van der Waals surface area contributed by atoms with E-state index in [1.54, 1.807) is 20.2 Å². The van der Waals surface area contributed by atoms with Crippen LogP contribution in [0.3, 0.4) is 0 Å². The molecule has 7 nitrogen and oxygen atoms in total. The second-order valence-electron chi connectivity index (χ2n) is 6.90. The van der Waals surface area contributed by atoms with Crippen molar-refractivity contribution < 1.29 is 22.3 Å². The maximum absolute atomic E-state index is 14.8. The van der Waals surface area contributed by atoms with Gasteiger partial charge in [0.1, 0.15) is 11.6 Å². The van der Waals surface area contributed by atoms with Crippen LogP contribution in [0.5, 0.6) is 5.75 Å². The van der Waals surface area contributed by atoms with E-state index in [9.17, 15) is 17.6 Å². The summed E-state index contributed by atoms with van der Waals surface area (Å²) in [7, 11) is 3.58. The number of anilines is 4. The van der Waals surface area contributed by atoms with Gasteiger partial charge in [0.05, 0.1) is 39.4 Å². The Morgan fingerprint density at radius 2 is 1.85 bits per heavy atom. The lowest BCUT2D eigenvalue weighted by molar-refractivity contribution is -0.0498. The lowest BCUT2D eigenvalue weighted by Gasteiger charge is -2.24. The molecule has 0 radical (unpaired) electrons. The minimum Gasteiger partial charge on any atom is -0.435 e. The van der Waals surface area contributed by atoms with Gasteiger partial charge in [-0.3, -0.25) is 4.72 Å². The van der Waals surface area contributed by atoms with E-state index < -0.39 is 18.2 Å². The van der Waals surface area contributed by atoms with Crippen molar-refractivity contribution in [3.05, 3.63) is 59.4 Å². The summed E-state index contributed by atoms with van der Waals surface area (Å²) < 4.78 is 60.2. The Bertz CT molecular complexity index is 1110. The van der Waals surface area contributed by atoms with E-state index in [-0.39, 0.29) is 27.3 Å². The van der Waals surface area contributed by atoms with Gasteiger partial charge in [-0.2, -0.15) is 8.78 Å². The van der Waals surface area contributed by atoms with Crippen molar-refractivity contribution in [1.82, 2.24) is 15.3 Å². The maximum atomic E-state index is 14.8. The molecule has 3 N–H and O–H groups in total. The number of likely N-dealkylation sites (N-methyl/N-ethyl adjacent to an activating group) is 2. The van der Waals surface area contributed by atoms with E-state index in [1.807, 2.05) is 4.90 Å². The molecule has 2 aromatic carbocycles. The zero-order chi connectivity index (χ0) is 24.7. The van der Waals surface area contributed by atoms with Crippen LogP contribution >= 0.6 is 23.5 Å². The molecule has 1 heterocycles. The first-order valence-corrected chi connectivity index (χ1v) is 11.1. The molecule has 0 aliphatic heterocycles. The molecule has 0 saturated carbocycles. The molecule has 0 bridgehead atoms. The molecule has 0 unspecified atom stereocenters. The Kier molecular flexibility index (Phi) is 9.02. The van der Waals surface area contributed by atoms with Crippen molar-refractivity contribution in [3.8, 4) is 5.75 Å². The van der Waals surface area contributed by atoms with Crippen molar-refractivity contribution in [3.63, 3.8) is 0 Å². The molecular formula is C21H21ClF4N6OS. The molecule has 13 heteroatoms. The minimum absolute atomic E-state index is 0.00929. The van der Waals surface area contributed by atoms with Gasteiger partial charge in [-0.1, -0.05) is 11.6 Å². The van der Waals surface area contributed by atoms with Crippen LogP contribution in [0.25, 0.3) is 0 Å². The standard InChI is InChI=1S/C21H21ClF4N6OS/c1-27-5-6-32(2)18-7-13(33-20(25)26)3-4-16(18)30-17-9-15(24)19(8-14(17)22)34-31-21-28-10-12(23)11-29-21/h3-4,7-11,20,27,30H,5-6H2,1-2H3,(H,28,29,31). The third-order valence-corrected chi connectivity index (χ3v) is 5.60. The molecule has 182 valence electrons. The monoisotopic (exact) mass is 516 g/mol. The molecule has 0 spiro atoms. The Morgan fingerprint density at radius 1 is 1.12 bits per heavy atom. The van der Waals surface area contributed by atoms with Gasteiger partial charge in [0.2, 0.25) is 5.95 Å². The summed E-state index contributed by atoms with van der Waals surface area (Å²) in [5, 5.41) is 6.28. The normalized spacial score (nSPS) is 10.9. The lowest BCUT2D eigenvalue weighted by atomic mass is 10.2. The van der Waals surface area contributed by atoms with Crippen molar-refractivity contribution in [2.45, 2.75) is 11.5 Å². The maximum Gasteiger partial charge on any atom is 0.387 e. The third-order valence-electron chi connectivity index (χ3n) is 4.47. The van der Waals surface area contributed by atoms with E-state index in [0.717, 1.165) is 24.3 Å². The number of ether oxygens (including phenoxy) is 1. The molecule has 34 heavy (non-hydrogen) atoms. The predicted octanol–water partition coefficient (Wildman–Crippen LogP) is 5.53. The molecule has 0 aliphatic carbocycles. The topological polar surface area (TPSA) is 74.3 Å². The largest absolute Gasteiger partial charge is 0.435 e. The average Bonchev–Trinajstić information content (AvgIpc) is 2.80. The molecule has 3 rings (SSSR count). The highest BCUT2D eigenvalue weighted by Crippen LogP contribution is 2.37. The number of benzene rings is 2. The fourth-order valence-corrected chi connectivity index (χ4v) is 3.74. The number of rotatable bonds is 11. The van der Waals surface area contributed by atoms with Gasteiger partial charge in [-0.25, -0.2) is 18.7 Å². The molecule has 0 aliphatic rings. The first-order valence-electron chi connectivity index (χ1n) is 9.88. The van der Waals surface area contributed by atoms with Crippen LogP contribution in [-0.2, 0) is 0 Å². The van der Waals surface area contributed by atoms with Gasteiger partial charge in [0.25, 0.3) is 0 Å². The van der Waals surface area contributed by atoms with Crippen molar-refractivity contribution in [1.29, 1.82) is 0 Å². The van der Waals surface area contributed by atoms with Gasteiger partial charge >= 0.3 is 6.61 Å². The fraction of sp³-hybridized carbons (Fsp3) is 0.238. The summed E-state index contributed by atoms with van der Waals surface area (Å²) in [6.45, 7) is -1.75. The minimum atomic E-state index is -2.96. The van der Waals surface area contributed by atoms with Gasteiger partial charge in [-0.05, 0) is 37.2 Å². The third kappa shape index (κ3) is 7.02. The highest BCUT2D eigenvalue weighted by molar-refractivity contribution is 8.00. The van der Waals surface area contributed by atoms with E-state index in [4.69, 9.17) is 11.6 Å². The van der Waals surface area contributed by atoms with Gasteiger partial charge in [-0.15, -0.1) is 0 Å². The number of hydrogen-bond acceptors (Lipinski definition) is 8. The molecule has 0 atom stereocenters. The van der Waals surface area contributed by atoms with Crippen LogP contribution in [0.4, 0.5) is 40.6 Å². The van der Waals surface area contributed by atoms with E-state index in [2.05, 4.69) is 30.1 Å². The van der Waals surface area contributed by atoms with Crippen LogP contribution in [0, 0.1) is 11.6 Å². The summed E-state index contributed by atoms with van der Waals surface area (Å²) in [5.41, 5.74) is 1.34. The number of nitrogens with one attached hydrogen (secondary N) is 3. The summed E-state index contributed by atoms with van der Waals surface area (Å²) >= 11 is 7.24. The Morgan fingerprint density at radius 3 is 2.53 bits per heavy atom. The van der Waals surface area contributed by atoms with Crippen molar-refractivity contribution >= 4 is 46.6 Å². The lowest BCUT2D eigenvalue weighted by Crippen LogP contribution is -2.27. The van der Waals surface area contributed by atoms with Crippen LogP contribution in [0.2, 0.25) is 5.02 Å². The summed E-state index contributed by atoms with van der Waals surface area (Å²) in [6, 6.07) is 7.00.